The van der Waals surface area contributed by atoms with Crippen molar-refractivity contribution in [3.63, 3.8) is 0 Å². The van der Waals surface area contributed by atoms with Crippen LogP contribution in [-0.2, 0) is 0 Å². The Bertz CT molecular complexity index is 2710. The molecule has 8 aromatic rings. The lowest BCUT2D eigenvalue weighted by molar-refractivity contribution is 0.656. The molecule has 0 fully saturated rings. The summed E-state index contributed by atoms with van der Waals surface area (Å²) in [5.41, 5.74) is 17.1. The van der Waals surface area contributed by atoms with Crippen LogP contribution in [0.15, 0.2) is 224 Å². The van der Waals surface area contributed by atoms with E-state index in [2.05, 4.69) is 244 Å². The highest BCUT2D eigenvalue weighted by atomic mass is 15.2. The Labute approximate surface area is 357 Å². The van der Waals surface area contributed by atoms with Crippen molar-refractivity contribution in [1.29, 1.82) is 0 Å². The standard InChI is InChI=1S/C35H31N.C13H12.C11H10/c1-26-14-16-28(17-15-26)30-20-24-33(25-21-30)36(35-13-7-11-31-10-5-6-12-34(31)35)32-22-18-29(19-23-32)27-8-3-2-4-9-27;1-11-7-9-13(10-8-11)12-5-3-2-4-6-12;1-9-5-4-7-10-6-2-3-8-11(9)10/h2-12,14-18,20-22,24-25,35H,13,19,23H2,1H3;2-10H,1H3;2-8H,1H3. The molecule has 0 aromatic heterocycles. The minimum absolute atomic E-state index is 0.286. The quantitative estimate of drug-likeness (QED) is 0.163. The van der Waals surface area contributed by atoms with Crippen molar-refractivity contribution < 1.29 is 0 Å². The predicted molar refractivity (Wildman–Crippen MR) is 259 cm³/mol. The van der Waals surface area contributed by atoms with Crippen LogP contribution in [0.1, 0.15) is 58.7 Å². The number of aryl methyl sites for hydroxylation is 3. The summed E-state index contributed by atoms with van der Waals surface area (Å²) in [7, 11) is 0. The van der Waals surface area contributed by atoms with Gasteiger partial charge < -0.3 is 4.90 Å². The van der Waals surface area contributed by atoms with Gasteiger partial charge in [0.05, 0.1) is 6.04 Å². The van der Waals surface area contributed by atoms with Gasteiger partial charge in [0.2, 0.25) is 0 Å². The van der Waals surface area contributed by atoms with E-state index >= 15 is 0 Å². The van der Waals surface area contributed by atoms with Gasteiger partial charge in [-0.3, -0.25) is 0 Å². The van der Waals surface area contributed by atoms with Gasteiger partial charge in [0, 0.05) is 11.4 Å². The molecule has 2 aliphatic carbocycles. The van der Waals surface area contributed by atoms with Crippen LogP contribution in [0.3, 0.4) is 0 Å². The van der Waals surface area contributed by atoms with Crippen LogP contribution in [0.25, 0.3) is 44.7 Å². The van der Waals surface area contributed by atoms with E-state index in [1.807, 2.05) is 6.07 Å². The van der Waals surface area contributed by atoms with E-state index < -0.39 is 0 Å². The third-order valence-electron chi connectivity index (χ3n) is 11.6. The molecule has 0 aliphatic heterocycles. The normalized spacial score (nSPS) is 14.0. The molecule has 1 heteroatoms. The van der Waals surface area contributed by atoms with E-state index in [4.69, 9.17) is 0 Å². The average Bonchev–Trinajstić information content (AvgIpc) is 3.31. The van der Waals surface area contributed by atoms with E-state index in [-0.39, 0.29) is 6.04 Å². The second-order valence-corrected chi connectivity index (χ2v) is 15.8. The lowest BCUT2D eigenvalue weighted by atomic mass is 9.89. The molecule has 0 saturated carbocycles. The second-order valence-electron chi connectivity index (χ2n) is 15.8. The van der Waals surface area contributed by atoms with Gasteiger partial charge in [-0.05, 0) is 119 Å². The number of rotatable bonds is 6. The smallest absolute Gasteiger partial charge is 0.0628 e. The molecule has 0 bridgehead atoms. The molecule has 0 heterocycles. The van der Waals surface area contributed by atoms with Crippen LogP contribution in [0.5, 0.6) is 0 Å². The molecular weight excluding hydrogens is 723 g/mol. The topological polar surface area (TPSA) is 3.24 Å². The Morgan fingerprint density at radius 2 is 0.967 bits per heavy atom. The molecule has 2 aliphatic rings. The van der Waals surface area contributed by atoms with Gasteiger partial charge in [-0.25, -0.2) is 0 Å². The van der Waals surface area contributed by atoms with Crippen LogP contribution >= 0.6 is 0 Å². The minimum atomic E-state index is 0.286. The Balaban J connectivity index is 0.000000168. The highest BCUT2D eigenvalue weighted by molar-refractivity contribution is 5.85. The number of anilines is 1. The van der Waals surface area contributed by atoms with Crippen molar-refractivity contribution in [3.8, 4) is 22.3 Å². The Hall–Kier alpha value is -6.96. The zero-order chi connectivity index (χ0) is 41.1. The zero-order valence-electron chi connectivity index (χ0n) is 35.0. The van der Waals surface area contributed by atoms with Gasteiger partial charge >= 0.3 is 0 Å². The van der Waals surface area contributed by atoms with Crippen LogP contribution in [0.4, 0.5) is 5.69 Å². The maximum atomic E-state index is 2.58. The summed E-state index contributed by atoms with van der Waals surface area (Å²) < 4.78 is 0. The minimum Gasteiger partial charge on any atom is -0.337 e. The highest BCUT2D eigenvalue weighted by Gasteiger charge is 2.27. The van der Waals surface area contributed by atoms with Gasteiger partial charge in [0.15, 0.2) is 0 Å². The fourth-order valence-corrected chi connectivity index (χ4v) is 8.25. The van der Waals surface area contributed by atoms with E-state index in [9.17, 15) is 0 Å². The van der Waals surface area contributed by atoms with E-state index in [1.165, 1.54) is 83.4 Å². The summed E-state index contributed by atoms with van der Waals surface area (Å²) in [6.45, 7) is 6.38. The van der Waals surface area contributed by atoms with Crippen molar-refractivity contribution >= 4 is 28.1 Å². The highest BCUT2D eigenvalue weighted by Crippen LogP contribution is 2.41. The lowest BCUT2D eigenvalue weighted by Crippen LogP contribution is -2.30. The molecule has 294 valence electrons. The van der Waals surface area contributed by atoms with E-state index in [0.717, 1.165) is 19.3 Å². The summed E-state index contributed by atoms with van der Waals surface area (Å²) >= 11 is 0. The van der Waals surface area contributed by atoms with Gasteiger partial charge in [0.1, 0.15) is 0 Å². The van der Waals surface area contributed by atoms with Crippen molar-refractivity contribution in [1.82, 2.24) is 0 Å². The van der Waals surface area contributed by atoms with Crippen molar-refractivity contribution in [2.45, 2.75) is 46.1 Å². The molecular formula is C59H53N. The Morgan fingerprint density at radius 1 is 0.433 bits per heavy atom. The first kappa shape index (κ1) is 39.8. The second kappa shape index (κ2) is 19.2. The molecule has 1 unspecified atom stereocenters. The molecule has 0 amide bonds. The number of fused-ring (bicyclic) bond motifs is 2. The van der Waals surface area contributed by atoms with Crippen molar-refractivity contribution in [3.05, 3.63) is 257 Å². The number of hydrogen-bond donors (Lipinski definition) is 0. The molecule has 0 radical (unpaired) electrons. The van der Waals surface area contributed by atoms with Gasteiger partial charge in [-0.1, -0.05) is 217 Å². The van der Waals surface area contributed by atoms with Gasteiger partial charge in [0.25, 0.3) is 0 Å². The number of allylic oxidation sites excluding steroid dienone is 4. The van der Waals surface area contributed by atoms with E-state index in [0.29, 0.717) is 0 Å². The average molecular weight is 776 g/mol. The third kappa shape index (κ3) is 9.66. The molecule has 0 N–H and O–H groups in total. The molecule has 0 spiro atoms. The zero-order valence-corrected chi connectivity index (χ0v) is 35.0. The largest absolute Gasteiger partial charge is 0.337 e. The van der Waals surface area contributed by atoms with Crippen LogP contribution in [-0.4, -0.2) is 0 Å². The molecule has 0 saturated heterocycles. The molecule has 8 aromatic carbocycles. The van der Waals surface area contributed by atoms with Crippen molar-refractivity contribution in [2.75, 3.05) is 4.90 Å². The third-order valence-corrected chi connectivity index (χ3v) is 11.6. The Kier molecular flexibility index (Phi) is 12.7. The molecule has 1 atom stereocenters. The summed E-state index contributed by atoms with van der Waals surface area (Å²) in [5, 5.41) is 2.68. The predicted octanol–water partition coefficient (Wildman–Crippen LogP) is 16.2. The molecule has 10 rings (SSSR count). The fourth-order valence-electron chi connectivity index (χ4n) is 8.25. The maximum Gasteiger partial charge on any atom is 0.0628 e. The summed E-state index contributed by atoms with van der Waals surface area (Å²) in [6.07, 6.45) is 12.4. The van der Waals surface area contributed by atoms with Crippen LogP contribution in [0.2, 0.25) is 0 Å². The number of hydrogen-bond acceptors (Lipinski definition) is 1. The summed E-state index contributed by atoms with van der Waals surface area (Å²) in [5.74, 6) is 0. The van der Waals surface area contributed by atoms with E-state index in [1.54, 1.807) is 0 Å². The molecule has 60 heavy (non-hydrogen) atoms. The first-order chi connectivity index (χ1) is 29.5. The van der Waals surface area contributed by atoms with Crippen molar-refractivity contribution in [2.24, 2.45) is 0 Å². The first-order valence-electron chi connectivity index (χ1n) is 21.2. The SMILES string of the molecule is Cc1ccc(-c2ccc(N(C3=CC=C(c4ccccc4)CC3)C3CC=Cc4ccccc43)cc2)cc1.Cc1ccc(-c2ccccc2)cc1.Cc1cccc2ccccc12. The van der Waals surface area contributed by atoms with Gasteiger partial charge in [-0.2, -0.15) is 0 Å². The monoisotopic (exact) mass is 775 g/mol. The van der Waals surface area contributed by atoms with Gasteiger partial charge in [-0.15, -0.1) is 0 Å². The van der Waals surface area contributed by atoms with Crippen LogP contribution < -0.4 is 4.90 Å². The molecule has 1 nitrogen and oxygen atoms in total. The van der Waals surface area contributed by atoms with Crippen LogP contribution in [0, 0.1) is 20.8 Å². The fraction of sp³-hybridized carbons (Fsp3) is 0.119. The number of nitrogens with zero attached hydrogens (tertiary/aromatic N) is 1. The summed E-state index contributed by atoms with van der Waals surface area (Å²) in [6, 6.07) is 71.7. The first-order valence-corrected chi connectivity index (χ1v) is 21.2. The lowest BCUT2D eigenvalue weighted by Gasteiger charge is -2.38. The maximum absolute atomic E-state index is 2.58. The Morgan fingerprint density at radius 3 is 1.58 bits per heavy atom. The summed E-state index contributed by atoms with van der Waals surface area (Å²) in [4.78, 5) is 2.58. The number of benzene rings is 8.